The van der Waals surface area contributed by atoms with Gasteiger partial charge in [-0.3, -0.25) is 14.5 Å². The monoisotopic (exact) mass is 574 g/mol. The lowest BCUT2D eigenvalue weighted by Gasteiger charge is -2.27. The van der Waals surface area contributed by atoms with Crippen molar-refractivity contribution in [2.45, 2.75) is 20.4 Å². The van der Waals surface area contributed by atoms with Gasteiger partial charge in [0, 0.05) is 27.9 Å². The Morgan fingerprint density at radius 2 is 1.76 bits per heavy atom. The lowest BCUT2D eigenvalue weighted by atomic mass is 9.93. The van der Waals surface area contributed by atoms with Gasteiger partial charge in [-0.1, -0.05) is 60.7 Å². The van der Waals surface area contributed by atoms with Crippen LogP contribution in [0.4, 0.5) is 0 Å². The highest BCUT2D eigenvalue weighted by atomic mass is 35.5. The molecule has 2 heterocycles. The van der Waals surface area contributed by atoms with Crippen molar-refractivity contribution in [3.8, 4) is 28.8 Å². The highest BCUT2D eigenvalue weighted by molar-refractivity contribution is 6.31. The molecule has 4 aromatic rings. The molecule has 0 unspecified atom stereocenters. The molecule has 5 rings (SSSR count). The smallest absolute Gasteiger partial charge is 0.271 e. The van der Waals surface area contributed by atoms with E-state index < -0.39 is 11.8 Å². The summed E-state index contributed by atoms with van der Waals surface area (Å²) in [5, 5.41) is 15.2. The zero-order valence-corrected chi connectivity index (χ0v) is 23.9. The lowest BCUT2D eigenvalue weighted by Crippen LogP contribution is -2.42. The number of hydrogen-bond acceptors (Lipinski definition) is 5. The first-order valence-electron chi connectivity index (χ1n) is 13.2. The lowest BCUT2D eigenvalue weighted by molar-refractivity contribution is -0.141. The van der Waals surface area contributed by atoms with Crippen LogP contribution >= 0.6 is 11.6 Å². The molecule has 0 saturated carbocycles. The van der Waals surface area contributed by atoms with E-state index in [1.54, 1.807) is 48.0 Å². The molecule has 1 aromatic heterocycles. The molecular formula is C34H27ClN4O3. The predicted molar refractivity (Wildman–Crippen MR) is 163 cm³/mol. The second-order valence-corrected chi connectivity index (χ2v) is 10.2. The normalized spacial score (nSPS) is 14.3. The average Bonchev–Trinajstić information content (AvgIpc) is 3.42. The number of nitrogens with zero attached hydrogens (tertiary/aromatic N) is 4. The van der Waals surface area contributed by atoms with E-state index in [1.807, 2.05) is 67.7 Å². The molecule has 8 heteroatoms. The number of aromatic nitrogens is 2. The van der Waals surface area contributed by atoms with Crippen molar-refractivity contribution in [2.75, 3.05) is 6.61 Å². The van der Waals surface area contributed by atoms with E-state index >= 15 is 0 Å². The number of benzene rings is 3. The van der Waals surface area contributed by atoms with Gasteiger partial charge in [-0.25, -0.2) is 4.68 Å². The molecule has 0 spiro atoms. The van der Waals surface area contributed by atoms with Gasteiger partial charge in [0.2, 0.25) is 0 Å². The largest absolute Gasteiger partial charge is 0.489 e. The summed E-state index contributed by atoms with van der Waals surface area (Å²) in [5.41, 5.74) is 4.88. The molecule has 2 amide bonds. The topological polar surface area (TPSA) is 88.2 Å². The van der Waals surface area contributed by atoms with Crippen molar-refractivity contribution in [2.24, 2.45) is 0 Å². The van der Waals surface area contributed by atoms with Crippen molar-refractivity contribution >= 4 is 29.5 Å². The molecule has 1 aliphatic rings. The van der Waals surface area contributed by atoms with Gasteiger partial charge >= 0.3 is 0 Å². The predicted octanol–water partition coefficient (Wildman–Crippen LogP) is 6.86. The number of hydrogen-bond donors (Lipinski definition) is 0. The van der Waals surface area contributed by atoms with Crippen LogP contribution < -0.4 is 4.74 Å². The Kier molecular flexibility index (Phi) is 8.19. The van der Waals surface area contributed by atoms with E-state index in [4.69, 9.17) is 21.4 Å². The number of ether oxygens (including phenoxy) is 1. The van der Waals surface area contributed by atoms with Crippen molar-refractivity contribution in [3.63, 3.8) is 0 Å². The third-order valence-electron chi connectivity index (χ3n) is 6.98. The molecule has 0 saturated heterocycles. The molecule has 1 aliphatic heterocycles. The zero-order valence-electron chi connectivity index (χ0n) is 23.2. The van der Waals surface area contributed by atoms with Crippen molar-refractivity contribution in [1.29, 1.82) is 5.26 Å². The van der Waals surface area contributed by atoms with Gasteiger partial charge in [-0.05, 0) is 73.0 Å². The molecule has 7 nitrogen and oxygen atoms in total. The van der Waals surface area contributed by atoms with Gasteiger partial charge in [0.15, 0.2) is 0 Å². The second-order valence-electron chi connectivity index (χ2n) is 9.75. The number of halogens is 1. The first kappa shape index (κ1) is 28.3. The molecule has 0 radical (unpaired) electrons. The van der Waals surface area contributed by atoms with Gasteiger partial charge < -0.3 is 4.74 Å². The number of rotatable bonds is 8. The molecule has 0 fully saturated rings. The summed E-state index contributed by atoms with van der Waals surface area (Å²) in [7, 11) is 0. The number of aryl methyl sites for hydroxylation is 1. The first-order chi connectivity index (χ1) is 20.3. The highest BCUT2D eigenvalue weighted by Crippen LogP contribution is 2.33. The minimum absolute atomic E-state index is 0.0609. The minimum Gasteiger partial charge on any atom is -0.489 e. The van der Waals surface area contributed by atoms with Crippen LogP contribution in [-0.4, -0.2) is 33.1 Å². The Morgan fingerprint density at radius 1 is 1.02 bits per heavy atom. The Labute approximate surface area is 249 Å². The number of para-hydroxylation sites is 1. The van der Waals surface area contributed by atoms with E-state index in [2.05, 4.69) is 6.58 Å². The van der Waals surface area contributed by atoms with Crippen LogP contribution in [0.2, 0.25) is 5.02 Å². The number of carbonyl (C=O) groups is 2. The van der Waals surface area contributed by atoms with E-state index in [9.17, 15) is 14.9 Å². The summed E-state index contributed by atoms with van der Waals surface area (Å²) in [4.78, 5) is 28.1. The third kappa shape index (κ3) is 5.53. The zero-order chi connectivity index (χ0) is 29.8. The number of imide groups is 1. The van der Waals surface area contributed by atoms with Crippen LogP contribution in [0.3, 0.4) is 0 Å². The molecule has 0 N–H and O–H groups in total. The highest BCUT2D eigenvalue weighted by Gasteiger charge is 2.36. The van der Waals surface area contributed by atoms with Crippen LogP contribution in [-0.2, 0) is 16.1 Å². The van der Waals surface area contributed by atoms with Crippen LogP contribution in [0.1, 0.15) is 23.6 Å². The van der Waals surface area contributed by atoms with Gasteiger partial charge in [-0.15, -0.1) is 0 Å². The minimum atomic E-state index is -0.650. The molecule has 3 aromatic carbocycles. The quantitative estimate of drug-likeness (QED) is 0.130. The summed E-state index contributed by atoms with van der Waals surface area (Å²) in [6.07, 6.45) is 5.21. The maximum Gasteiger partial charge on any atom is 0.271 e. The van der Waals surface area contributed by atoms with Gasteiger partial charge in [-0.2, -0.15) is 10.4 Å². The van der Waals surface area contributed by atoms with Crippen LogP contribution in [0, 0.1) is 18.3 Å². The summed E-state index contributed by atoms with van der Waals surface area (Å²) in [6.45, 7) is 7.59. The SMILES string of the molecule is C=CCOc1ccc(-c2nn(-c3ccccc3)cc2/C=C2/C(=O)N(Cc3ccccc3Cl)C(=O)C(C#N)=C2C)cc1C. The van der Waals surface area contributed by atoms with E-state index in [0.29, 0.717) is 34.0 Å². The van der Waals surface area contributed by atoms with Crippen molar-refractivity contribution in [1.82, 2.24) is 14.7 Å². The maximum atomic E-state index is 13.8. The summed E-state index contributed by atoms with van der Waals surface area (Å²) in [6, 6.07) is 24.4. The summed E-state index contributed by atoms with van der Waals surface area (Å²) < 4.78 is 7.49. The fourth-order valence-electron chi connectivity index (χ4n) is 4.76. The molecule has 0 bridgehead atoms. The Hall–Kier alpha value is -5.19. The fraction of sp³-hybridized carbons (Fsp3) is 0.118. The fourth-order valence-corrected chi connectivity index (χ4v) is 4.96. The van der Waals surface area contributed by atoms with E-state index in [-0.39, 0.29) is 17.7 Å². The standard InChI is InChI=1S/C34H27ClN4O3/c1-4-16-42-31-15-14-24(17-22(31)2)32-26(21-39(37-32)27-11-6-5-7-12-27)18-28-23(3)29(19-36)34(41)38(33(28)40)20-25-10-8-9-13-30(25)35/h4-15,17-18,21H,1,16,20H2,2-3H3/b28-18+. The Balaban J connectivity index is 1.64. The Bertz CT molecular complexity index is 1810. The number of carbonyl (C=O) groups excluding carboxylic acids is 2. The summed E-state index contributed by atoms with van der Waals surface area (Å²) in [5.74, 6) is -0.433. The van der Waals surface area contributed by atoms with Crippen molar-refractivity contribution in [3.05, 3.63) is 130 Å². The van der Waals surface area contributed by atoms with Gasteiger partial charge in [0.25, 0.3) is 11.8 Å². The molecular weight excluding hydrogens is 548 g/mol. The van der Waals surface area contributed by atoms with E-state index in [1.165, 1.54) is 0 Å². The summed E-state index contributed by atoms with van der Waals surface area (Å²) >= 11 is 6.34. The van der Waals surface area contributed by atoms with Gasteiger partial charge in [0.1, 0.15) is 24.0 Å². The van der Waals surface area contributed by atoms with Crippen LogP contribution in [0.25, 0.3) is 23.0 Å². The van der Waals surface area contributed by atoms with Crippen LogP contribution in [0.5, 0.6) is 5.75 Å². The van der Waals surface area contributed by atoms with Crippen molar-refractivity contribution < 1.29 is 14.3 Å². The molecule has 0 aliphatic carbocycles. The van der Waals surface area contributed by atoms with E-state index in [0.717, 1.165) is 27.5 Å². The maximum absolute atomic E-state index is 13.8. The Morgan fingerprint density at radius 3 is 2.45 bits per heavy atom. The molecule has 0 atom stereocenters. The third-order valence-corrected chi connectivity index (χ3v) is 7.35. The second kappa shape index (κ2) is 12.1. The number of nitriles is 1. The molecule has 208 valence electrons. The van der Waals surface area contributed by atoms with Gasteiger partial charge in [0.05, 0.1) is 17.9 Å². The number of amides is 2. The first-order valence-corrected chi connectivity index (χ1v) is 13.6. The average molecular weight is 575 g/mol. The molecule has 42 heavy (non-hydrogen) atoms. The van der Waals surface area contributed by atoms with Crippen LogP contribution in [0.15, 0.2) is 108 Å².